The fourth-order valence-corrected chi connectivity index (χ4v) is 3.51. The van der Waals surface area contributed by atoms with E-state index in [-0.39, 0.29) is 18.0 Å². The van der Waals surface area contributed by atoms with E-state index >= 15 is 0 Å². The zero-order chi connectivity index (χ0) is 15.8. The van der Waals surface area contributed by atoms with Crippen molar-refractivity contribution in [2.45, 2.75) is 32.5 Å². The van der Waals surface area contributed by atoms with E-state index in [0.717, 1.165) is 16.6 Å². The van der Waals surface area contributed by atoms with Crippen molar-refractivity contribution in [1.29, 1.82) is 0 Å². The normalized spacial score (nSPS) is 12.2. The molecule has 0 spiro atoms. The first-order valence-electron chi connectivity index (χ1n) is 6.30. The van der Waals surface area contributed by atoms with Gasteiger partial charge in [-0.1, -0.05) is 35.8 Å². The molecule has 0 bridgehead atoms. The van der Waals surface area contributed by atoms with E-state index in [4.69, 9.17) is 5.73 Å². The maximum Gasteiger partial charge on any atom is 0.417 e. The van der Waals surface area contributed by atoms with E-state index in [1.807, 2.05) is 13.8 Å². The van der Waals surface area contributed by atoms with Crippen LogP contribution in [0.25, 0.3) is 10.6 Å². The molecule has 2 nitrogen and oxygen atoms in total. The van der Waals surface area contributed by atoms with Gasteiger partial charge in [0.25, 0.3) is 0 Å². The second kappa shape index (κ2) is 6.06. The fourth-order valence-electron chi connectivity index (χ4n) is 2.01. The largest absolute Gasteiger partial charge is 0.417 e. The monoisotopic (exact) mass is 378 g/mol. The molecule has 0 radical (unpaired) electrons. The van der Waals surface area contributed by atoms with Gasteiger partial charge in [0.05, 0.1) is 11.3 Å². The number of hydrogen-bond acceptors (Lipinski definition) is 3. The third-order valence-electron chi connectivity index (χ3n) is 2.98. The second-order valence-electron chi connectivity index (χ2n) is 4.87. The fraction of sp³-hybridized carbons (Fsp3) is 0.357. The summed E-state index contributed by atoms with van der Waals surface area (Å²) in [5, 5.41) is 0.360. The maximum atomic E-state index is 13.2. The Balaban J connectivity index is 2.62. The summed E-state index contributed by atoms with van der Waals surface area (Å²) in [6.45, 7) is 4.18. The molecule has 7 heteroatoms. The number of nitrogens with zero attached hydrogens (tertiary/aromatic N) is 1. The molecule has 0 aliphatic heterocycles. The standard InChI is InChI=1S/C14H14BrF3N2S/c1-7(2)12-11(6-19)21-13(20-12)9-4-3-8(15)5-10(9)14(16,17)18/h3-5,7H,6,19H2,1-2H3. The van der Waals surface area contributed by atoms with Crippen LogP contribution in [0, 0.1) is 0 Å². The van der Waals surface area contributed by atoms with Gasteiger partial charge in [0.1, 0.15) is 5.01 Å². The predicted octanol–water partition coefficient (Wildman–Crippen LogP) is 5.17. The number of aromatic nitrogens is 1. The second-order valence-corrected chi connectivity index (χ2v) is 6.87. The van der Waals surface area contributed by atoms with Crippen LogP contribution < -0.4 is 5.73 Å². The van der Waals surface area contributed by atoms with Crippen LogP contribution in [-0.2, 0) is 12.7 Å². The molecule has 1 aromatic carbocycles. The molecule has 0 aliphatic rings. The molecular weight excluding hydrogens is 365 g/mol. The van der Waals surface area contributed by atoms with Gasteiger partial charge in [0.15, 0.2) is 0 Å². The molecule has 2 N–H and O–H groups in total. The number of alkyl halides is 3. The Hall–Kier alpha value is -0.920. The Morgan fingerprint density at radius 3 is 2.48 bits per heavy atom. The van der Waals surface area contributed by atoms with Gasteiger partial charge in [-0.05, 0) is 18.1 Å². The lowest BCUT2D eigenvalue weighted by Gasteiger charge is -2.11. The van der Waals surface area contributed by atoms with E-state index in [9.17, 15) is 13.2 Å². The van der Waals surface area contributed by atoms with Gasteiger partial charge in [-0.25, -0.2) is 4.98 Å². The highest BCUT2D eigenvalue weighted by Crippen LogP contribution is 2.41. The molecule has 1 heterocycles. The minimum absolute atomic E-state index is 0.0947. The Morgan fingerprint density at radius 1 is 1.33 bits per heavy atom. The van der Waals surface area contributed by atoms with Gasteiger partial charge in [0.2, 0.25) is 0 Å². The van der Waals surface area contributed by atoms with E-state index in [1.165, 1.54) is 17.4 Å². The summed E-state index contributed by atoms with van der Waals surface area (Å²) >= 11 is 4.31. The number of nitrogens with two attached hydrogens (primary N) is 1. The summed E-state index contributed by atoms with van der Waals surface area (Å²) in [6, 6.07) is 4.10. The summed E-state index contributed by atoms with van der Waals surface area (Å²) in [5.41, 5.74) is 5.84. The zero-order valence-electron chi connectivity index (χ0n) is 11.5. The van der Waals surface area contributed by atoms with Crippen LogP contribution in [0.2, 0.25) is 0 Å². The summed E-state index contributed by atoms with van der Waals surface area (Å²) in [4.78, 5) is 5.21. The van der Waals surface area contributed by atoms with Crippen molar-refractivity contribution in [1.82, 2.24) is 4.98 Å². The first kappa shape index (κ1) is 16.5. The van der Waals surface area contributed by atoms with Crippen molar-refractivity contribution in [3.05, 3.63) is 38.8 Å². The molecular formula is C14H14BrF3N2S. The molecule has 1 aromatic heterocycles. The SMILES string of the molecule is CC(C)c1nc(-c2ccc(Br)cc2C(F)(F)F)sc1CN. The van der Waals surface area contributed by atoms with Crippen molar-refractivity contribution in [2.24, 2.45) is 5.73 Å². The van der Waals surface area contributed by atoms with Gasteiger partial charge in [-0.3, -0.25) is 0 Å². The summed E-state index contributed by atoms with van der Waals surface area (Å²) in [6.07, 6.45) is -4.42. The number of rotatable bonds is 3. The quantitative estimate of drug-likeness (QED) is 0.799. The molecule has 0 saturated carbocycles. The molecule has 114 valence electrons. The van der Waals surface area contributed by atoms with Gasteiger partial charge >= 0.3 is 6.18 Å². The highest BCUT2D eigenvalue weighted by molar-refractivity contribution is 9.10. The average Bonchev–Trinajstić information content (AvgIpc) is 2.81. The Kier molecular flexibility index (Phi) is 4.75. The van der Waals surface area contributed by atoms with Crippen LogP contribution in [-0.4, -0.2) is 4.98 Å². The molecule has 0 unspecified atom stereocenters. The molecule has 0 saturated heterocycles. The minimum atomic E-state index is -4.42. The van der Waals surface area contributed by atoms with Crippen LogP contribution >= 0.6 is 27.3 Å². The molecule has 0 aliphatic carbocycles. The minimum Gasteiger partial charge on any atom is -0.326 e. The number of hydrogen-bond donors (Lipinski definition) is 1. The van der Waals surface area contributed by atoms with Crippen molar-refractivity contribution in [3.63, 3.8) is 0 Å². The highest BCUT2D eigenvalue weighted by Gasteiger charge is 2.35. The smallest absolute Gasteiger partial charge is 0.326 e. The van der Waals surface area contributed by atoms with Gasteiger partial charge in [0, 0.05) is 21.5 Å². The lowest BCUT2D eigenvalue weighted by molar-refractivity contribution is -0.137. The molecule has 0 atom stereocenters. The maximum absolute atomic E-state index is 13.2. The van der Waals surface area contributed by atoms with Crippen LogP contribution in [0.5, 0.6) is 0 Å². The zero-order valence-corrected chi connectivity index (χ0v) is 13.9. The van der Waals surface area contributed by atoms with E-state index < -0.39 is 11.7 Å². The van der Waals surface area contributed by atoms with Crippen LogP contribution in [0.4, 0.5) is 13.2 Å². The molecule has 2 rings (SSSR count). The van der Waals surface area contributed by atoms with E-state index in [1.54, 1.807) is 6.07 Å². The van der Waals surface area contributed by atoms with E-state index in [2.05, 4.69) is 20.9 Å². The summed E-state index contributed by atoms with van der Waals surface area (Å²) < 4.78 is 40.0. The lowest BCUT2D eigenvalue weighted by Crippen LogP contribution is -2.07. The first-order valence-corrected chi connectivity index (χ1v) is 7.91. The van der Waals surface area contributed by atoms with Gasteiger partial charge < -0.3 is 5.73 Å². The third kappa shape index (κ3) is 3.46. The molecule has 0 amide bonds. The van der Waals surface area contributed by atoms with Crippen LogP contribution in [0.1, 0.15) is 35.9 Å². The first-order chi connectivity index (χ1) is 9.74. The van der Waals surface area contributed by atoms with Crippen molar-refractivity contribution >= 4 is 27.3 Å². The van der Waals surface area contributed by atoms with Crippen molar-refractivity contribution < 1.29 is 13.2 Å². The topological polar surface area (TPSA) is 38.9 Å². The Bertz CT molecular complexity index is 650. The Labute approximate surface area is 133 Å². The molecule has 21 heavy (non-hydrogen) atoms. The van der Waals surface area contributed by atoms with E-state index in [0.29, 0.717) is 9.48 Å². The van der Waals surface area contributed by atoms with Crippen molar-refractivity contribution in [2.75, 3.05) is 0 Å². The van der Waals surface area contributed by atoms with Crippen molar-refractivity contribution in [3.8, 4) is 10.6 Å². The molecule has 0 fully saturated rings. The third-order valence-corrected chi connectivity index (χ3v) is 4.60. The molecule has 2 aromatic rings. The predicted molar refractivity (Wildman–Crippen MR) is 82.2 cm³/mol. The summed E-state index contributed by atoms with van der Waals surface area (Å²) in [5.74, 6) is 0.123. The summed E-state index contributed by atoms with van der Waals surface area (Å²) in [7, 11) is 0. The van der Waals surface area contributed by atoms with Gasteiger partial charge in [-0.15, -0.1) is 11.3 Å². The Morgan fingerprint density at radius 2 is 2.00 bits per heavy atom. The number of thiazole rings is 1. The number of halogens is 4. The number of benzene rings is 1. The van der Waals surface area contributed by atoms with Crippen LogP contribution in [0.3, 0.4) is 0 Å². The lowest BCUT2D eigenvalue weighted by atomic mass is 10.1. The van der Waals surface area contributed by atoms with Gasteiger partial charge in [-0.2, -0.15) is 13.2 Å². The highest BCUT2D eigenvalue weighted by atomic mass is 79.9. The van der Waals surface area contributed by atoms with Crippen LogP contribution in [0.15, 0.2) is 22.7 Å². The average molecular weight is 379 g/mol.